The van der Waals surface area contributed by atoms with Gasteiger partial charge in [0, 0.05) is 29.4 Å². The number of piperidine rings is 1. The quantitative estimate of drug-likeness (QED) is 0.173. The number of halogens is 1. The summed E-state index contributed by atoms with van der Waals surface area (Å²) < 4.78 is 12.9. The highest BCUT2D eigenvalue weighted by atomic mass is 19.1. The van der Waals surface area contributed by atoms with E-state index in [1.165, 1.54) is 74.5 Å². The lowest BCUT2D eigenvalue weighted by atomic mass is 9.93. The molecule has 1 fully saturated rings. The lowest BCUT2D eigenvalue weighted by Gasteiger charge is -2.31. The molecular weight excluding hydrogens is 580 g/mol. The highest BCUT2D eigenvalue weighted by molar-refractivity contribution is 6.62. The fraction of sp³-hybridized carbons (Fsp3) is 0.488. The lowest BCUT2D eigenvalue weighted by Crippen LogP contribution is -2.34. The van der Waals surface area contributed by atoms with Crippen molar-refractivity contribution >= 4 is 13.5 Å². The second-order valence-corrected chi connectivity index (χ2v) is 12.6. The first-order valence-corrected chi connectivity index (χ1v) is 17.2. The van der Waals surface area contributed by atoms with Gasteiger partial charge in [0.2, 0.25) is 0 Å². The van der Waals surface area contributed by atoms with Crippen LogP contribution in [0.2, 0.25) is 0 Å². The monoisotopic (exact) mass is 637 g/mol. The number of hydrogen-bond acceptors (Lipinski definition) is 4. The summed E-state index contributed by atoms with van der Waals surface area (Å²) in [5.74, 6) is 1.36. The third-order valence-corrected chi connectivity index (χ3v) is 8.62. The van der Waals surface area contributed by atoms with Crippen LogP contribution in [0.4, 0.5) is 4.39 Å². The van der Waals surface area contributed by atoms with Gasteiger partial charge in [0.05, 0.1) is 11.6 Å². The maximum absolute atomic E-state index is 12.9. The lowest BCUT2D eigenvalue weighted by molar-refractivity contribution is 0.108. The van der Waals surface area contributed by atoms with Gasteiger partial charge >= 0.3 is 0 Å². The number of pyridine rings is 1. The number of aryl methyl sites for hydroxylation is 4. The van der Waals surface area contributed by atoms with Crippen molar-refractivity contribution in [1.82, 2.24) is 9.88 Å². The molecule has 47 heavy (non-hydrogen) atoms. The van der Waals surface area contributed by atoms with Crippen molar-refractivity contribution in [3.8, 4) is 6.07 Å². The molecule has 2 radical (unpaired) electrons. The van der Waals surface area contributed by atoms with Crippen LogP contribution in [0.15, 0.2) is 66.7 Å². The molecule has 0 atom stereocenters. The van der Waals surface area contributed by atoms with Crippen molar-refractivity contribution in [3.05, 3.63) is 112 Å². The number of rotatable bonds is 9. The molecule has 252 valence electrons. The maximum atomic E-state index is 12.9. The molecule has 0 amide bonds. The molecule has 1 aliphatic rings. The van der Waals surface area contributed by atoms with E-state index >= 15 is 0 Å². The average Bonchev–Trinajstić information content (AvgIpc) is 3.05. The Bertz CT molecular complexity index is 1420. The highest BCUT2D eigenvalue weighted by Crippen LogP contribution is 2.27. The Morgan fingerprint density at radius 2 is 1.68 bits per heavy atom. The number of aromatic nitrogens is 1. The molecular formula is C41H57BFN3O. The molecule has 4 rings (SSSR count). The Morgan fingerprint density at radius 1 is 1.02 bits per heavy atom. The molecule has 2 heterocycles. The van der Waals surface area contributed by atoms with Gasteiger partial charge in [0.1, 0.15) is 11.5 Å². The fourth-order valence-corrected chi connectivity index (χ4v) is 5.46. The van der Waals surface area contributed by atoms with Gasteiger partial charge in [-0.05, 0) is 113 Å². The van der Waals surface area contributed by atoms with E-state index in [-0.39, 0.29) is 11.5 Å². The molecule has 4 nitrogen and oxygen atoms in total. The van der Waals surface area contributed by atoms with Crippen LogP contribution in [0, 0.1) is 43.8 Å². The molecule has 0 N–H and O–H groups in total. The molecule has 1 saturated heterocycles. The third kappa shape index (κ3) is 16.2. The molecule has 3 aromatic rings. The second kappa shape index (κ2) is 22.9. The van der Waals surface area contributed by atoms with Crippen LogP contribution in [0.3, 0.4) is 0 Å². The first-order chi connectivity index (χ1) is 22.4. The van der Waals surface area contributed by atoms with Gasteiger partial charge in [0.15, 0.2) is 7.85 Å². The number of likely N-dealkylation sites (tertiary alicyclic amines) is 1. The number of nitriles is 1. The van der Waals surface area contributed by atoms with Crippen LogP contribution in [-0.4, -0.2) is 43.0 Å². The van der Waals surface area contributed by atoms with Gasteiger partial charge in [-0.1, -0.05) is 89.8 Å². The van der Waals surface area contributed by atoms with Crippen molar-refractivity contribution in [2.45, 2.75) is 106 Å². The number of carbonyl (C=O) groups excluding carboxylic acids is 1. The van der Waals surface area contributed by atoms with E-state index in [1.54, 1.807) is 24.3 Å². The van der Waals surface area contributed by atoms with E-state index in [0.29, 0.717) is 29.0 Å². The summed E-state index contributed by atoms with van der Waals surface area (Å²) >= 11 is 0. The van der Waals surface area contributed by atoms with E-state index in [1.807, 2.05) is 32.9 Å². The van der Waals surface area contributed by atoms with E-state index in [2.05, 4.69) is 69.3 Å². The number of nitrogens with zero attached hydrogens (tertiary/aromatic N) is 3. The summed E-state index contributed by atoms with van der Waals surface area (Å²) in [6.07, 6.45) is 8.62. The van der Waals surface area contributed by atoms with Crippen molar-refractivity contribution in [2.75, 3.05) is 19.6 Å². The molecule has 0 saturated carbocycles. The summed E-state index contributed by atoms with van der Waals surface area (Å²) in [5.41, 5.74) is 7.19. The fourth-order valence-electron chi connectivity index (χ4n) is 5.46. The summed E-state index contributed by atoms with van der Waals surface area (Å²) in [4.78, 5) is 17.8. The molecule has 1 aromatic heterocycles. The molecule has 0 unspecified atom stereocenters. The van der Waals surface area contributed by atoms with Crippen LogP contribution < -0.4 is 0 Å². The van der Waals surface area contributed by atoms with Crippen LogP contribution >= 0.6 is 0 Å². The zero-order chi connectivity index (χ0) is 35.4. The standard InChI is InChI=1S/C15H22N2.C9H9BO.C9H8FN.C8H18/c1-12(2)11-17-9-7-14(8-10-17)15-6-4-5-13(3)16-15;1-6-3-4-8(9(10)11)5-7(6)2;1-2-8-4-3-7(6-11)5-9(8)10;1-4-7-8(5-2)6-3/h4-6,14H,1,7-11H2,2-3H3;3-5H,1-2H3;3-5H,2H2,1H3;8H,4-7H2,1-3H3. The van der Waals surface area contributed by atoms with Crippen molar-refractivity contribution in [2.24, 2.45) is 5.92 Å². The molecule has 1 aliphatic heterocycles. The molecule has 2 aromatic carbocycles. The Labute approximate surface area is 286 Å². The van der Waals surface area contributed by atoms with Crippen LogP contribution in [0.1, 0.15) is 123 Å². The Morgan fingerprint density at radius 3 is 2.13 bits per heavy atom. The smallest absolute Gasteiger partial charge is 0.175 e. The van der Waals surface area contributed by atoms with Crippen LogP contribution in [0.25, 0.3) is 0 Å². The van der Waals surface area contributed by atoms with Crippen LogP contribution in [0.5, 0.6) is 0 Å². The summed E-state index contributed by atoms with van der Waals surface area (Å²) in [6, 6.07) is 18.2. The Kier molecular flexibility index (Phi) is 20.2. The zero-order valence-corrected chi connectivity index (χ0v) is 30.3. The van der Waals surface area contributed by atoms with Gasteiger partial charge in [0.25, 0.3) is 0 Å². The summed E-state index contributed by atoms with van der Waals surface area (Å²) in [7, 11) is 5.09. The van der Waals surface area contributed by atoms with Crippen LogP contribution in [-0.2, 0) is 6.42 Å². The number of hydrogen-bond donors (Lipinski definition) is 0. The summed E-state index contributed by atoms with van der Waals surface area (Å²) in [5, 5.41) is 8.41. The van der Waals surface area contributed by atoms with Crippen molar-refractivity contribution in [1.29, 1.82) is 5.26 Å². The number of benzene rings is 2. The predicted molar refractivity (Wildman–Crippen MR) is 198 cm³/mol. The van der Waals surface area contributed by atoms with E-state index in [4.69, 9.17) is 13.1 Å². The minimum atomic E-state index is -0.367. The second-order valence-electron chi connectivity index (χ2n) is 12.6. The van der Waals surface area contributed by atoms with Gasteiger partial charge in [-0.2, -0.15) is 5.26 Å². The van der Waals surface area contributed by atoms with Gasteiger partial charge in [-0.15, -0.1) is 0 Å². The normalized spacial score (nSPS) is 12.8. The molecule has 6 heteroatoms. The number of carbonyl (C=O) groups is 1. The third-order valence-electron chi connectivity index (χ3n) is 8.62. The minimum Gasteiger partial charge on any atom is -0.307 e. The van der Waals surface area contributed by atoms with Crippen molar-refractivity contribution in [3.63, 3.8) is 0 Å². The maximum Gasteiger partial charge on any atom is 0.175 e. The van der Waals surface area contributed by atoms with Crippen molar-refractivity contribution < 1.29 is 9.18 Å². The Hall–Kier alpha value is -3.56. The van der Waals surface area contributed by atoms with E-state index < -0.39 is 0 Å². The average molecular weight is 638 g/mol. The minimum absolute atomic E-state index is 0.286. The summed E-state index contributed by atoms with van der Waals surface area (Å²) in [6.45, 7) is 24.2. The topological polar surface area (TPSA) is 57.0 Å². The van der Waals surface area contributed by atoms with E-state index in [9.17, 15) is 9.18 Å². The first kappa shape index (κ1) is 41.5. The van der Waals surface area contributed by atoms with Gasteiger partial charge < -0.3 is 4.79 Å². The molecule has 0 spiro atoms. The zero-order valence-electron chi connectivity index (χ0n) is 30.3. The molecule has 0 bridgehead atoms. The highest BCUT2D eigenvalue weighted by Gasteiger charge is 2.21. The SMILES string of the molecule is C=C(C)CN1CCC(c2cccc(C)n2)CC1.CCCC(CC)CC.CCc1ccc(C#N)cc1F.[B]C(=O)c1ccc(C)c(C)c1. The van der Waals surface area contributed by atoms with E-state index in [0.717, 1.165) is 23.7 Å². The predicted octanol–water partition coefficient (Wildman–Crippen LogP) is 10.2. The van der Waals surface area contributed by atoms with Gasteiger partial charge in [-0.3, -0.25) is 9.88 Å². The Balaban J connectivity index is 0.000000327. The largest absolute Gasteiger partial charge is 0.307 e. The van der Waals surface area contributed by atoms with Gasteiger partial charge in [-0.25, -0.2) is 4.39 Å². The molecule has 0 aliphatic carbocycles. The first-order valence-electron chi connectivity index (χ1n) is 17.2.